The average molecular weight is 307 g/mol. The highest BCUT2D eigenvalue weighted by Crippen LogP contribution is 2.33. The largest absolute Gasteiger partial charge is 0.301 e. The molecular formula is C16H22N2S2. The third-order valence-electron chi connectivity index (χ3n) is 3.95. The van der Waals surface area contributed by atoms with Crippen LogP contribution >= 0.6 is 22.7 Å². The molecule has 1 aliphatic carbocycles. The van der Waals surface area contributed by atoms with Crippen LogP contribution in [0.5, 0.6) is 0 Å². The van der Waals surface area contributed by atoms with Crippen molar-refractivity contribution in [1.82, 2.24) is 10.3 Å². The number of hydrogen-bond acceptors (Lipinski definition) is 4. The van der Waals surface area contributed by atoms with Crippen LogP contribution in [0.4, 0.5) is 0 Å². The van der Waals surface area contributed by atoms with Gasteiger partial charge in [0.1, 0.15) is 5.01 Å². The van der Waals surface area contributed by atoms with Gasteiger partial charge in [0.2, 0.25) is 0 Å². The van der Waals surface area contributed by atoms with Gasteiger partial charge >= 0.3 is 0 Å². The van der Waals surface area contributed by atoms with Crippen LogP contribution in [-0.2, 0) is 12.8 Å². The molecule has 4 heteroatoms. The molecule has 108 valence electrons. The first-order valence-corrected chi connectivity index (χ1v) is 9.12. The van der Waals surface area contributed by atoms with Crippen LogP contribution < -0.4 is 5.32 Å². The summed E-state index contributed by atoms with van der Waals surface area (Å²) >= 11 is 3.76. The Kier molecular flexibility index (Phi) is 4.24. The normalized spacial score (nSPS) is 17.8. The lowest BCUT2D eigenvalue weighted by atomic mass is 9.99. The topological polar surface area (TPSA) is 24.9 Å². The Bertz CT molecular complexity index is 562. The summed E-state index contributed by atoms with van der Waals surface area (Å²) in [4.78, 5) is 7.69. The van der Waals surface area contributed by atoms with Gasteiger partial charge in [-0.25, -0.2) is 4.98 Å². The first-order chi connectivity index (χ1) is 9.63. The molecule has 1 N–H and O–H groups in total. The van der Waals surface area contributed by atoms with Crippen molar-refractivity contribution in [3.05, 3.63) is 37.5 Å². The number of hydrogen-bond donors (Lipinski definition) is 1. The molecule has 2 unspecified atom stereocenters. The average Bonchev–Trinajstić information content (AvgIpc) is 3.04. The molecule has 2 aromatic heterocycles. The first-order valence-electron chi connectivity index (χ1n) is 7.43. The zero-order chi connectivity index (χ0) is 14.1. The second-order valence-corrected chi connectivity index (χ2v) is 7.80. The maximum Gasteiger partial charge on any atom is 0.110 e. The summed E-state index contributed by atoms with van der Waals surface area (Å²) in [6.45, 7) is 6.54. The Morgan fingerprint density at radius 2 is 2.00 bits per heavy atom. The predicted molar refractivity (Wildman–Crippen MR) is 87.8 cm³/mol. The number of thiazole rings is 1. The van der Waals surface area contributed by atoms with Gasteiger partial charge in [-0.1, -0.05) is 0 Å². The molecule has 3 rings (SSSR count). The summed E-state index contributed by atoms with van der Waals surface area (Å²) < 4.78 is 0. The second-order valence-electron chi connectivity index (χ2n) is 5.74. The molecule has 2 aromatic rings. The summed E-state index contributed by atoms with van der Waals surface area (Å²) in [6.07, 6.45) is 5.29. The Hall–Kier alpha value is -0.710. The van der Waals surface area contributed by atoms with E-state index in [4.69, 9.17) is 0 Å². The summed E-state index contributed by atoms with van der Waals surface area (Å²) in [5.41, 5.74) is 2.72. The Morgan fingerprint density at radius 1 is 1.20 bits per heavy atom. The highest BCUT2D eigenvalue weighted by molar-refractivity contribution is 7.12. The molecule has 0 amide bonds. The lowest BCUT2D eigenvalue weighted by Crippen LogP contribution is -2.21. The standard InChI is InChI=1S/C16H22N2S2/c1-10-9-19-16(17-10)12(3)18-11(2)15-8-13-6-4-5-7-14(13)20-15/h8-9,11-12,18H,4-7H2,1-3H3. The van der Waals surface area contributed by atoms with Crippen molar-refractivity contribution in [2.24, 2.45) is 0 Å². The van der Waals surface area contributed by atoms with Gasteiger partial charge in [0.15, 0.2) is 0 Å². The van der Waals surface area contributed by atoms with Crippen molar-refractivity contribution >= 4 is 22.7 Å². The predicted octanol–water partition coefficient (Wildman–Crippen LogP) is 4.80. The molecule has 0 bridgehead atoms. The van der Waals surface area contributed by atoms with E-state index in [0.29, 0.717) is 12.1 Å². The van der Waals surface area contributed by atoms with Gasteiger partial charge in [-0.2, -0.15) is 0 Å². The van der Waals surface area contributed by atoms with Crippen molar-refractivity contribution in [2.45, 2.75) is 58.5 Å². The van der Waals surface area contributed by atoms with E-state index in [9.17, 15) is 0 Å². The van der Waals surface area contributed by atoms with Crippen LogP contribution in [0.3, 0.4) is 0 Å². The molecule has 2 atom stereocenters. The summed E-state index contributed by atoms with van der Waals surface area (Å²) in [5, 5.41) is 7.01. The molecular weight excluding hydrogens is 284 g/mol. The van der Waals surface area contributed by atoms with Gasteiger partial charge in [-0.3, -0.25) is 0 Å². The zero-order valence-electron chi connectivity index (χ0n) is 12.4. The fraction of sp³-hybridized carbons (Fsp3) is 0.562. The van der Waals surface area contributed by atoms with Crippen molar-refractivity contribution in [1.29, 1.82) is 0 Å². The molecule has 0 aromatic carbocycles. The summed E-state index contributed by atoms with van der Waals surface area (Å²) in [5.74, 6) is 0. The van der Waals surface area contributed by atoms with E-state index >= 15 is 0 Å². The van der Waals surface area contributed by atoms with E-state index in [0.717, 1.165) is 5.69 Å². The highest BCUT2D eigenvalue weighted by atomic mass is 32.1. The Labute approximate surface area is 129 Å². The monoisotopic (exact) mass is 306 g/mol. The van der Waals surface area contributed by atoms with E-state index in [1.54, 1.807) is 21.8 Å². The molecule has 2 heterocycles. The fourth-order valence-electron chi connectivity index (χ4n) is 2.83. The minimum Gasteiger partial charge on any atom is -0.301 e. The second kappa shape index (κ2) is 5.96. The fourth-order valence-corrected chi connectivity index (χ4v) is 4.91. The molecule has 0 fully saturated rings. The molecule has 0 aliphatic heterocycles. The van der Waals surface area contributed by atoms with Crippen LogP contribution in [0, 0.1) is 6.92 Å². The smallest absolute Gasteiger partial charge is 0.110 e. The number of fused-ring (bicyclic) bond motifs is 1. The third-order valence-corrected chi connectivity index (χ3v) is 6.51. The van der Waals surface area contributed by atoms with E-state index in [1.165, 1.54) is 35.6 Å². The van der Waals surface area contributed by atoms with Crippen molar-refractivity contribution in [3.63, 3.8) is 0 Å². The van der Waals surface area contributed by atoms with Gasteiger partial charge in [-0.05, 0) is 58.1 Å². The lowest BCUT2D eigenvalue weighted by Gasteiger charge is -2.17. The number of aromatic nitrogens is 1. The maximum absolute atomic E-state index is 4.58. The molecule has 0 saturated heterocycles. The number of aryl methyl sites for hydroxylation is 3. The van der Waals surface area contributed by atoms with Crippen molar-refractivity contribution in [2.75, 3.05) is 0 Å². The van der Waals surface area contributed by atoms with Gasteiger partial charge in [0.05, 0.1) is 6.04 Å². The minimum absolute atomic E-state index is 0.322. The SMILES string of the molecule is Cc1csc(C(C)NC(C)c2cc3c(s2)CCCC3)n1. The van der Waals surface area contributed by atoms with E-state index in [1.807, 2.05) is 11.3 Å². The number of nitrogens with zero attached hydrogens (tertiary/aromatic N) is 1. The Balaban J connectivity index is 1.69. The quantitative estimate of drug-likeness (QED) is 0.877. The van der Waals surface area contributed by atoms with E-state index in [2.05, 4.69) is 42.5 Å². The third kappa shape index (κ3) is 2.97. The molecule has 0 radical (unpaired) electrons. The van der Waals surface area contributed by atoms with Crippen molar-refractivity contribution < 1.29 is 0 Å². The van der Waals surface area contributed by atoms with Crippen LogP contribution in [0.1, 0.15) is 64.8 Å². The summed E-state index contributed by atoms with van der Waals surface area (Å²) in [6, 6.07) is 3.16. The highest BCUT2D eigenvalue weighted by Gasteiger charge is 2.19. The van der Waals surface area contributed by atoms with Crippen LogP contribution in [-0.4, -0.2) is 4.98 Å². The van der Waals surface area contributed by atoms with Gasteiger partial charge in [0.25, 0.3) is 0 Å². The van der Waals surface area contributed by atoms with Crippen LogP contribution in [0.15, 0.2) is 11.4 Å². The van der Waals surface area contributed by atoms with Crippen LogP contribution in [0.2, 0.25) is 0 Å². The molecule has 2 nitrogen and oxygen atoms in total. The van der Waals surface area contributed by atoms with E-state index in [-0.39, 0.29) is 0 Å². The molecule has 1 aliphatic rings. The van der Waals surface area contributed by atoms with E-state index < -0.39 is 0 Å². The van der Waals surface area contributed by atoms with Gasteiger partial charge in [0, 0.05) is 26.9 Å². The minimum atomic E-state index is 0.322. The molecule has 0 spiro atoms. The maximum atomic E-state index is 4.58. The van der Waals surface area contributed by atoms with Crippen molar-refractivity contribution in [3.8, 4) is 0 Å². The number of nitrogens with one attached hydrogen (secondary N) is 1. The number of rotatable bonds is 4. The lowest BCUT2D eigenvalue weighted by molar-refractivity contribution is 0.498. The van der Waals surface area contributed by atoms with Gasteiger partial charge < -0.3 is 5.32 Å². The summed E-state index contributed by atoms with van der Waals surface area (Å²) in [7, 11) is 0. The molecule has 20 heavy (non-hydrogen) atoms. The Morgan fingerprint density at radius 3 is 2.70 bits per heavy atom. The first kappa shape index (κ1) is 14.2. The zero-order valence-corrected chi connectivity index (χ0v) is 14.0. The molecule has 0 saturated carbocycles. The van der Waals surface area contributed by atoms with Gasteiger partial charge in [-0.15, -0.1) is 22.7 Å². The van der Waals surface area contributed by atoms with Crippen LogP contribution in [0.25, 0.3) is 0 Å². The number of thiophene rings is 1.